The van der Waals surface area contributed by atoms with Gasteiger partial charge >= 0.3 is 0 Å². The predicted molar refractivity (Wildman–Crippen MR) is 95.0 cm³/mol. The zero-order valence-corrected chi connectivity index (χ0v) is 14.7. The van der Waals surface area contributed by atoms with E-state index in [4.69, 9.17) is 9.47 Å². The van der Waals surface area contributed by atoms with Crippen molar-refractivity contribution in [3.63, 3.8) is 0 Å². The summed E-state index contributed by atoms with van der Waals surface area (Å²) >= 11 is 0. The number of aromatic nitrogens is 4. The fraction of sp³-hybridized carbons (Fsp3) is 0.222. The molecule has 3 rings (SSSR count). The van der Waals surface area contributed by atoms with Crippen LogP contribution in [0.1, 0.15) is 28.9 Å². The zero-order valence-electron chi connectivity index (χ0n) is 14.7. The van der Waals surface area contributed by atoms with E-state index in [2.05, 4.69) is 25.9 Å². The predicted octanol–water partition coefficient (Wildman–Crippen LogP) is 2.37. The average Bonchev–Trinajstić information content (AvgIpc) is 3.22. The molecule has 3 aromatic rings. The van der Waals surface area contributed by atoms with Crippen LogP contribution in [0.4, 0.5) is 0 Å². The molecule has 0 saturated heterocycles. The maximum absolute atomic E-state index is 12.8. The maximum atomic E-state index is 12.8. The van der Waals surface area contributed by atoms with Gasteiger partial charge in [-0.2, -0.15) is 5.21 Å². The van der Waals surface area contributed by atoms with Crippen molar-refractivity contribution in [3.05, 3.63) is 53.6 Å². The second kappa shape index (κ2) is 7.64. The highest BCUT2D eigenvalue weighted by Crippen LogP contribution is 2.29. The Kier molecular flexibility index (Phi) is 5.12. The highest BCUT2D eigenvalue weighted by atomic mass is 16.5. The van der Waals surface area contributed by atoms with Gasteiger partial charge < -0.3 is 14.8 Å². The molecule has 2 aromatic carbocycles. The van der Waals surface area contributed by atoms with E-state index >= 15 is 0 Å². The fourth-order valence-electron chi connectivity index (χ4n) is 2.68. The third kappa shape index (κ3) is 3.49. The van der Waals surface area contributed by atoms with Crippen LogP contribution in [-0.2, 0) is 0 Å². The van der Waals surface area contributed by atoms with E-state index < -0.39 is 0 Å². The molecule has 134 valence electrons. The van der Waals surface area contributed by atoms with Gasteiger partial charge in [0, 0.05) is 11.1 Å². The van der Waals surface area contributed by atoms with Gasteiger partial charge in [-0.15, -0.1) is 10.2 Å². The van der Waals surface area contributed by atoms with Gasteiger partial charge in [0.05, 0.1) is 25.8 Å². The molecule has 2 N–H and O–H groups in total. The van der Waals surface area contributed by atoms with Gasteiger partial charge in [0.25, 0.3) is 5.91 Å². The lowest BCUT2D eigenvalue weighted by Crippen LogP contribution is -2.27. The Bertz CT molecular complexity index is 896. The quantitative estimate of drug-likeness (QED) is 0.705. The molecule has 0 aliphatic rings. The summed E-state index contributed by atoms with van der Waals surface area (Å²) in [4.78, 5) is 12.8. The van der Waals surface area contributed by atoms with Crippen LogP contribution in [0.15, 0.2) is 42.5 Å². The number of H-pyrrole nitrogens is 1. The molecule has 0 radical (unpaired) electrons. The van der Waals surface area contributed by atoms with Crippen molar-refractivity contribution in [2.24, 2.45) is 0 Å². The number of rotatable bonds is 6. The van der Waals surface area contributed by atoms with Crippen LogP contribution in [0.3, 0.4) is 0 Å². The summed E-state index contributed by atoms with van der Waals surface area (Å²) in [5, 5.41) is 16.8. The zero-order chi connectivity index (χ0) is 18.5. The summed E-state index contributed by atoms with van der Waals surface area (Å²) in [6, 6.07) is 12.3. The standard InChI is InChI=1S/C18H19N5O3/c1-11(15-10-12(25-2)8-9-16(15)26-3)19-18(24)14-7-5-4-6-13(14)17-20-22-23-21-17/h4-11H,1-3H3,(H,19,24)(H,20,21,22,23)/t11-/m0/s1. The number of aromatic amines is 1. The second-order valence-electron chi connectivity index (χ2n) is 5.58. The third-order valence-corrected chi connectivity index (χ3v) is 4.01. The first-order chi connectivity index (χ1) is 12.6. The van der Waals surface area contributed by atoms with E-state index in [1.54, 1.807) is 32.4 Å². The van der Waals surface area contributed by atoms with Crippen LogP contribution in [-0.4, -0.2) is 40.8 Å². The topological polar surface area (TPSA) is 102 Å². The minimum Gasteiger partial charge on any atom is -0.497 e. The van der Waals surface area contributed by atoms with Crippen LogP contribution in [0, 0.1) is 0 Å². The molecule has 8 nitrogen and oxygen atoms in total. The molecule has 0 saturated carbocycles. The molecule has 0 aliphatic carbocycles. The Morgan fingerprint density at radius 2 is 1.96 bits per heavy atom. The first-order valence-electron chi connectivity index (χ1n) is 7.99. The summed E-state index contributed by atoms with van der Waals surface area (Å²) in [6.45, 7) is 1.88. The van der Waals surface area contributed by atoms with Gasteiger partial charge in [0.2, 0.25) is 5.82 Å². The Morgan fingerprint density at radius 3 is 2.65 bits per heavy atom. The SMILES string of the molecule is COc1ccc(OC)c([C@H](C)NC(=O)c2ccccc2-c2nn[nH]n2)c1. The molecule has 0 unspecified atom stereocenters. The summed E-state index contributed by atoms with van der Waals surface area (Å²) in [5.41, 5.74) is 1.88. The summed E-state index contributed by atoms with van der Waals surface area (Å²) in [7, 11) is 3.18. The minimum absolute atomic E-state index is 0.247. The Hall–Kier alpha value is -3.42. The van der Waals surface area contributed by atoms with Crippen LogP contribution in [0.25, 0.3) is 11.4 Å². The van der Waals surface area contributed by atoms with E-state index in [-0.39, 0.29) is 11.9 Å². The van der Waals surface area contributed by atoms with E-state index in [1.165, 1.54) is 0 Å². The summed E-state index contributed by atoms with van der Waals surface area (Å²) in [5.74, 6) is 1.48. The largest absolute Gasteiger partial charge is 0.497 e. The van der Waals surface area contributed by atoms with E-state index in [0.717, 1.165) is 5.56 Å². The molecular weight excluding hydrogens is 334 g/mol. The smallest absolute Gasteiger partial charge is 0.252 e. The monoisotopic (exact) mass is 353 g/mol. The van der Waals surface area contributed by atoms with Crippen molar-refractivity contribution in [3.8, 4) is 22.9 Å². The van der Waals surface area contributed by atoms with Crippen molar-refractivity contribution < 1.29 is 14.3 Å². The van der Waals surface area contributed by atoms with Crippen molar-refractivity contribution in [1.82, 2.24) is 25.9 Å². The molecule has 8 heteroatoms. The van der Waals surface area contributed by atoms with Crippen LogP contribution in [0.5, 0.6) is 11.5 Å². The highest BCUT2D eigenvalue weighted by molar-refractivity contribution is 6.00. The van der Waals surface area contributed by atoms with E-state index in [1.807, 2.05) is 31.2 Å². The molecule has 0 spiro atoms. The summed E-state index contributed by atoms with van der Waals surface area (Å²) in [6.07, 6.45) is 0. The minimum atomic E-state index is -0.300. The number of nitrogens with zero attached hydrogens (tertiary/aromatic N) is 3. The number of methoxy groups -OCH3 is 2. The maximum Gasteiger partial charge on any atom is 0.252 e. The first-order valence-corrected chi connectivity index (χ1v) is 7.99. The van der Waals surface area contributed by atoms with Gasteiger partial charge in [-0.1, -0.05) is 18.2 Å². The Labute approximate surface area is 150 Å². The van der Waals surface area contributed by atoms with E-state index in [0.29, 0.717) is 28.5 Å². The number of carbonyl (C=O) groups excluding carboxylic acids is 1. The van der Waals surface area contributed by atoms with Crippen LogP contribution < -0.4 is 14.8 Å². The number of amides is 1. The number of benzene rings is 2. The molecule has 1 heterocycles. The lowest BCUT2D eigenvalue weighted by atomic mass is 10.0. The number of nitrogens with one attached hydrogen (secondary N) is 2. The van der Waals surface area contributed by atoms with Crippen LogP contribution in [0.2, 0.25) is 0 Å². The molecule has 0 bridgehead atoms. The molecule has 0 fully saturated rings. The molecule has 1 aromatic heterocycles. The van der Waals surface area contributed by atoms with Gasteiger partial charge in [-0.3, -0.25) is 4.79 Å². The fourth-order valence-corrected chi connectivity index (χ4v) is 2.68. The van der Waals surface area contributed by atoms with Crippen molar-refractivity contribution in [1.29, 1.82) is 0 Å². The lowest BCUT2D eigenvalue weighted by Gasteiger charge is -2.19. The highest BCUT2D eigenvalue weighted by Gasteiger charge is 2.19. The van der Waals surface area contributed by atoms with Crippen molar-refractivity contribution in [2.45, 2.75) is 13.0 Å². The van der Waals surface area contributed by atoms with Crippen LogP contribution >= 0.6 is 0 Å². The van der Waals surface area contributed by atoms with Gasteiger partial charge in [0.15, 0.2) is 0 Å². The molecule has 0 aliphatic heterocycles. The normalized spacial score (nSPS) is 11.7. The lowest BCUT2D eigenvalue weighted by molar-refractivity contribution is 0.0940. The molecule has 1 atom stereocenters. The van der Waals surface area contributed by atoms with Gasteiger partial charge in [-0.05, 0) is 36.4 Å². The second-order valence-corrected chi connectivity index (χ2v) is 5.58. The number of carbonyl (C=O) groups is 1. The third-order valence-electron chi connectivity index (χ3n) is 4.01. The summed E-state index contributed by atoms with van der Waals surface area (Å²) < 4.78 is 10.7. The molecule has 26 heavy (non-hydrogen) atoms. The molecular formula is C18H19N5O3. The Morgan fingerprint density at radius 1 is 1.15 bits per heavy atom. The van der Waals surface area contributed by atoms with Crippen molar-refractivity contribution in [2.75, 3.05) is 14.2 Å². The average molecular weight is 353 g/mol. The first kappa shape index (κ1) is 17.4. The number of ether oxygens (including phenoxy) is 2. The number of hydrogen-bond acceptors (Lipinski definition) is 6. The van der Waals surface area contributed by atoms with Gasteiger partial charge in [0.1, 0.15) is 11.5 Å². The van der Waals surface area contributed by atoms with Crippen molar-refractivity contribution >= 4 is 5.91 Å². The Balaban J connectivity index is 1.87. The number of hydrogen-bond donors (Lipinski definition) is 2. The number of tetrazole rings is 1. The van der Waals surface area contributed by atoms with E-state index in [9.17, 15) is 4.79 Å². The van der Waals surface area contributed by atoms with Gasteiger partial charge in [-0.25, -0.2) is 0 Å². The molecule has 1 amide bonds.